The van der Waals surface area contributed by atoms with Crippen LogP contribution in [0.25, 0.3) is 0 Å². The summed E-state index contributed by atoms with van der Waals surface area (Å²) in [6.45, 7) is 0.666. The molecule has 0 fully saturated rings. The molecule has 0 saturated carbocycles. The van der Waals surface area contributed by atoms with Crippen LogP contribution in [0.2, 0.25) is 0 Å². The summed E-state index contributed by atoms with van der Waals surface area (Å²) in [5.41, 5.74) is 3.06. The molecule has 0 bridgehead atoms. The van der Waals surface area contributed by atoms with Gasteiger partial charge in [0.25, 0.3) is 0 Å². The monoisotopic (exact) mass is 386 g/mol. The van der Waals surface area contributed by atoms with Crippen LogP contribution in [0.1, 0.15) is 34.2 Å². The Morgan fingerprint density at radius 2 is 1.71 bits per heavy atom. The normalized spacial score (nSPS) is 12.0. The number of nitrogens with zero attached hydrogens (tertiary/aromatic N) is 1. The summed E-state index contributed by atoms with van der Waals surface area (Å²) in [6, 6.07) is 15.2. The zero-order valence-corrected chi connectivity index (χ0v) is 15.5. The van der Waals surface area contributed by atoms with Gasteiger partial charge < -0.3 is 14.6 Å². The van der Waals surface area contributed by atoms with E-state index < -0.39 is 12.7 Å². The summed E-state index contributed by atoms with van der Waals surface area (Å²) in [4.78, 5) is 12.7. The third-order valence-corrected chi connectivity index (χ3v) is 4.40. The maximum Gasteiger partial charge on any atom is 0.387 e. The van der Waals surface area contributed by atoms with Crippen molar-refractivity contribution in [1.82, 2.24) is 10.5 Å². The quantitative estimate of drug-likeness (QED) is 0.656. The van der Waals surface area contributed by atoms with Crippen molar-refractivity contribution in [3.8, 4) is 5.75 Å². The van der Waals surface area contributed by atoms with E-state index in [-0.39, 0.29) is 18.1 Å². The molecule has 0 aliphatic carbocycles. The fraction of sp³-hybridized carbons (Fsp3) is 0.238. The van der Waals surface area contributed by atoms with Crippen LogP contribution in [0.3, 0.4) is 0 Å². The molecule has 3 aromatic rings. The van der Waals surface area contributed by atoms with Crippen LogP contribution in [-0.2, 0) is 11.2 Å². The summed E-state index contributed by atoms with van der Waals surface area (Å²) in [6.07, 6.45) is 0.136. The number of ether oxygens (including phenoxy) is 1. The highest BCUT2D eigenvalue weighted by atomic mass is 19.3. The first-order valence-corrected chi connectivity index (χ1v) is 8.75. The Balaban J connectivity index is 1.83. The van der Waals surface area contributed by atoms with Crippen molar-refractivity contribution in [2.75, 3.05) is 0 Å². The number of nitrogens with one attached hydrogen (secondary N) is 1. The zero-order chi connectivity index (χ0) is 20.1. The topological polar surface area (TPSA) is 64.4 Å². The number of carbonyl (C=O) groups excluding carboxylic acids is 1. The summed E-state index contributed by atoms with van der Waals surface area (Å²) < 4.78 is 34.2. The van der Waals surface area contributed by atoms with Gasteiger partial charge in [-0.2, -0.15) is 8.78 Å². The summed E-state index contributed by atoms with van der Waals surface area (Å²) >= 11 is 0. The molecule has 3 rings (SSSR count). The molecule has 28 heavy (non-hydrogen) atoms. The van der Waals surface area contributed by atoms with Crippen LogP contribution < -0.4 is 10.1 Å². The number of hydrogen-bond acceptors (Lipinski definition) is 4. The number of rotatable bonds is 7. The van der Waals surface area contributed by atoms with Crippen molar-refractivity contribution >= 4 is 5.91 Å². The van der Waals surface area contributed by atoms with Gasteiger partial charge in [0, 0.05) is 5.56 Å². The lowest BCUT2D eigenvalue weighted by Gasteiger charge is -2.20. The minimum Gasteiger partial charge on any atom is -0.435 e. The summed E-state index contributed by atoms with van der Waals surface area (Å²) in [5, 5.41) is 6.87. The third-order valence-electron chi connectivity index (χ3n) is 4.40. The second-order valence-electron chi connectivity index (χ2n) is 6.34. The van der Waals surface area contributed by atoms with Gasteiger partial charge >= 0.3 is 6.61 Å². The number of halogens is 2. The molecule has 2 aromatic carbocycles. The highest BCUT2D eigenvalue weighted by molar-refractivity contribution is 5.80. The Morgan fingerprint density at radius 1 is 1.07 bits per heavy atom. The van der Waals surface area contributed by atoms with Gasteiger partial charge in [0.05, 0.1) is 18.2 Å². The van der Waals surface area contributed by atoms with Gasteiger partial charge in [0.1, 0.15) is 11.5 Å². The van der Waals surface area contributed by atoms with Crippen molar-refractivity contribution in [2.45, 2.75) is 32.9 Å². The molecule has 0 saturated heterocycles. The Kier molecular flexibility index (Phi) is 6.03. The van der Waals surface area contributed by atoms with E-state index in [4.69, 9.17) is 4.52 Å². The van der Waals surface area contributed by atoms with Crippen LogP contribution in [0.15, 0.2) is 59.1 Å². The van der Waals surface area contributed by atoms with Gasteiger partial charge in [-0.15, -0.1) is 0 Å². The largest absolute Gasteiger partial charge is 0.435 e. The maximum atomic E-state index is 12.7. The van der Waals surface area contributed by atoms with Crippen molar-refractivity contribution in [3.05, 3.63) is 82.7 Å². The maximum absolute atomic E-state index is 12.7. The second-order valence-corrected chi connectivity index (χ2v) is 6.34. The predicted octanol–water partition coefficient (Wildman–Crippen LogP) is 4.34. The number of hydrogen-bond donors (Lipinski definition) is 1. The molecule has 1 unspecified atom stereocenters. The first-order valence-electron chi connectivity index (χ1n) is 8.75. The standard InChI is InChI=1S/C21H20F2N2O3/c1-13-18(14(2)28-25-13)12-19(26)24-20(15-6-4-3-5-7-15)16-8-10-17(11-9-16)27-21(22)23/h3-11,20-21H,12H2,1-2H3,(H,24,26). The Labute approximate surface area is 161 Å². The van der Waals surface area contributed by atoms with Gasteiger partial charge in [0.2, 0.25) is 5.91 Å². The highest BCUT2D eigenvalue weighted by Gasteiger charge is 2.20. The summed E-state index contributed by atoms with van der Waals surface area (Å²) in [7, 11) is 0. The van der Waals surface area contributed by atoms with Gasteiger partial charge in [-0.3, -0.25) is 4.79 Å². The second kappa shape index (κ2) is 8.65. The number of amides is 1. The lowest BCUT2D eigenvalue weighted by Crippen LogP contribution is -2.30. The minimum absolute atomic E-state index is 0.0626. The van der Waals surface area contributed by atoms with Crippen LogP contribution >= 0.6 is 0 Å². The van der Waals surface area contributed by atoms with Crippen molar-refractivity contribution < 1.29 is 22.8 Å². The van der Waals surface area contributed by atoms with Gasteiger partial charge in [-0.05, 0) is 37.1 Å². The first kappa shape index (κ1) is 19.5. The molecule has 1 amide bonds. The lowest BCUT2D eigenvalue weighted by molar-refractivity contribution is -0.121. The molecule has 5 nitrogen and oxygen atoms in total. The van der Waals surface area contributed by atoms with Crippen LogP contribution in [-0.4, -0.2) is 17.7 Å². The summed E-state index contributed by atoms with van der Waals surface area (Å²) in [5.74, 6) is 0.473. The van der Waals surface area contributed by atoms with Crippen LogP contribution in [0, 0.1) is 13.8 Å². The van der Waals surface area contributed by atoms with Crippen LogP contribution in [0.4, 0.5) is 8.78 Å². The fourth-order valence-corrected chi connectivity index (χ4v) is 2.97. The molecule has 0 radical (unpaired) electrons. The van der Waals surface area contributed by atoms with E-state index in [1.165, 1.54) is 12.1 Å². The van der Waals surface area contributed by atoms with Crippen molar-refractivity contribution in [3.63, 3.8) is 0 Å². The SMILES string of the molecule is Cc1noc(C)c1CC(=O)NC(c1ccccc1)c1ccc(OC(F)F)cc1. The molecular weight excluding hydrogens is 366 g/mol. The van der Waals surface area contributed by atoms with E-state index in [1.54, 1.807) is 26.0 Å². The molecule has 1 atom stereocenters. The molecule has 7 heteroatoms. The number of alkyl halides is 2. The predicted molar refractivity (Wildman–Crippen MR) is 99.2 cm³/mol. The highest BCUT2D eigenvalue weighted by Crippen LogP contribution is 2.25. The van der Waals surface area contributed by atoms with E-state index in [0.29, 0.717) is 11.5 Å². The molecule has 1 heterocycles. The Hall–Kier alpha value is -3.22. The fourth-order valence-electron chi connectivity index (χ4n) is 2.97. The molecule has 146 valence electrons. The number of aryl methyl sites for hydroxylation is 2. The zero-order valence-electron chi connectivity index (χ0n) is 15.5. The van der Waals surface area contributed by atoms with Gasteiger partial charge in [0.15, 0.2) is 0 Å². The van der Waals surface area contributed by atoms with Gasteiger partial charge in [-0.1, -0.05) is 47.6 Å². The molecule has 1 aromatic heterocycles. The molecule has 0 spiro atoms. The third kappa shape index (κ3) is 4.73. The number of aromatic nitrogens is 1. The smallest absolute Gasteiger partial charge is 0.387 e. The molecule has 0 aliphatic heterocycles. The number of benzene rings is 2. The Morgan fingerprint density at radius 3 is 2.29 bits per heavy atom. The van der Waals surface area contributed by atoms with Crippen molar-refractivity contribution in [2.24, 2.45) is 0 Å². The van der Waals surface area contributed by atoms with Gasteiger partial charge in [-0.25, -0.2) is 0 Å². The average Bonchev–Trinajstić information content (AvgIpc) is 2.99. The van der Waals surface area contributed by atoms with E-state index in [2.05, 4.69) is 15.2 Å². The Bertz CT molecular complexity index is 905. The van der Waals surface area contributed by atoms with Crippen molar-refractivity contribution in [1.29, 1.82) is 0 Å². The van der Waals surface area contributed by atoms with E-state index in [0.717, 1.165) is 16.7 Å². The molecule has 0 aliphatic rings. The van der Waals surface area contributed by atoms with Crippen LogP contribution in [0.5, 0.6) is 5.75 Å². The van der Waals surface area contributed by atoms with E-state index >= 15 is 0 Å². The molecule has 1 N–H and O–H groups in total. The van der Waals surface area contributed by atoms with E-state index in [1.807, 2.05) is 30.3 Å². The first-order chi connectivity index (χ1) is 13.4. The van der Waals surface area contributed by atoms with E-state index in [9.17, 15) is 13.6 Å². The minimum atomic E-state index is -2.88. The molecular formula is C21H20F2N2O3. The average molecular weight is 386 g/mol. The number of carbonyl (C=O) groups is 1. The lowest BCUT2D eigenvalue weighted by atomic mass is 9.98.